The van der Waals surface area contributed by atoms with E-state index < -0.39 is 11.6 Å². The van der Waals surface area contributed by atoms with Crippen molar-refractivity contribution in [2.75, 3.05) is 0 Å². The second kappa shape index (κ2) is 3.62. The number of carboxylic acids is 1. The SMILES string of the molecule is CC(C)(C)O/C=C(\Cl)C(=O)O. The molecule has 0 aromatic heterocycles. The summed E-state index contributed by atoms with van der Waals surface area (Å²) in [5.74, 6) is -1.18. The Kier molecular flexibility index (Phi) is 3.39. The number of hydrogen-bond donors (Lipinski definition) is 1. The van der Waals surface area contributed by atoms with Gasteiger partial charge in [0.25, 0.3) is 0 Å². The van der Waals surface area contributed by atoms with Crippen LogP contribution in [0.3, 0.4) is 0 Å². The predicted octanol–water partition coefficient (Wildman–Crippen LogP) is 1.97. The molecule has 3 nitrogen and oxygen atoms in total. The summed E-state index contributed by atoms with van der Waals surface area (Å²) in [6.07, 6.45) is 1.03. The third-order valence-electron chi connectivity index (χ3n) is 0.720. The lowest BCUT2D eigenvalue weighted by Crippen LogP contribution is -2.16. The minimum atomic E-state index is -1.18. The van der Waals surface area contributed by atoms with Crippen LogP contribution in [0, 0.1) is 0 Å². The summed E-state index contributed by atoms with van der Waals surface area (Å²) in [6, 6.07) is 0. The van der Waals surface area contributed by atoms with Gasteiger partial charge in [0.15, 0.2) is 5.03 Å². The van der Waals surface area contributed by atoms with Gasteiger partial charge in [0, 0.05) is 0 Å². The number of halogens is 1. The van der Waals surface area contributed by atoms with E-state index in [1.165, 1.54) is 0 Å². The Morgan fingerprint density at radius 1 is 1.55 bits per heavy atom. The van der Waals surface area contributed by atoms with E-state index in [1.807, 2.05) is 0 Å². The molecule has 0 aliphatic carbocycles. The molecule has 0 saturated heterocycles. The van der Waals surface area contributed by atoms with E-state index in [4.69, 9.17) is 21.4 Å². The van der Waals surface area contributed by atoms with Crippen molar-refractivity contribution >= 4 is 17.6 Å². The number of ether oxygens (including phenoxy) is 1. The third-order valence-corrected chi connectivity index (χ3v) is 0.971. The normalized spacial score (nSPS) is 12.9. The average Bonchev–Trinajstić information content (AvgIpc) is 1.80. The zero-order valence-electron chi connectivity index (χ0n) is 6.72. The van der Waals surface area contributed by atoms with Crippen molar-refractivity contribution in [2.24, 2.45) is 0 Å². The Hall–Kier alpha value is -0.700. The maximum atomic E-state index is 10.1. The number of hydrogen-bond acceptors (Lipinski definition) is 2. The summed E-state index contributed by atoms with van der Waals surface area (Å²) in [7, 11) is 0. The summed E-state index contributed by atoms with van der Waals surface area (Å²) in [6.45, 7) is 5.40. The summed E-state index contributed by atoms with van der Waals surface area (Å²) < 4.78 is 4.98. The van der Waals surface area contributed by atoms with Gasteiger partial charge in [-0.15, -0.1) is 0 Å². The van der Waals surface area contributed by atoms with Crippen molar-refractivity contribution in [1.82, 2.24) is 0 Å². The van der Waals surface area contributed by atoms with E-state index in [9.17, 15) is 4.79 Å². The van der Waals surface area contributed by atoms with Crippen molar-refractivity contribution in [3.63, 3.8) is 0 Å². The Morgan fingerprint density at radius 3 is 2.27 bits per heavy atom. The van der Waals surface area contributed by atoms with Crippen LogP contribution in [0.4, 0.5) is 0 Å². The molecule has 0 heterocycles. The molecule has 0 aromatic carbocycles. The molecular weight excluding hydrogens is 168 g/mol. The first-order valence-electron chi connectivity index (χ1n) is 3.10. The Labute approximate surface area is 70.6 Å². The lowest BCUT2D eigenvalue weighted by atomic mass is 10.2. The van der Waals surface area contributed by atoms with Gasteiger partial charge >= 0.3 is 5.97 Å². The van der Waals surface area contributed by atoms with E-state index in [-0.39, 0.29) is 5.03 Å². The fraction of sp³-hybridized carbons (Fsp3) is 0.571. The topological polar surface area (TPSA) is 46.5 Å². The lowest BCUT2D eigenvalue weighted by molar-refractivity contribution is -0.132. The van der Waals surface area contributed by atoms with E-state index >= 15 is 0 Å². The highest BCUT2D eigenvalue weighted by molar-refractivity contribution is 6.40. The molecule has 11 heavy (non-hydrogen) atoms. The first-order chi connectivity index (χ1) is 4.83. The van der Waals surface area contributed by atoms with Gasteiger partial charge in [0.2, 0.25) is 0 Å². The van der Waals surface area contributed by atoms with Crippen LogP contribution in [-0.2, 0) is 9.53 Å². The number of aliphatic carboxylic acids is 1. The molecule has 0 spiro atoms. The number of carbonyl (C=O) groups is 1. The smallest absolute Gasteiger partial charge is 0.350 e. The monoisotopic (exact) mass is 178 g/mol. The predicted molar refractivity (Wildman–Crippen MR) is 42.4 cm³/mol. The maximum absolute atomic E-state index is 10.1. The Bertz CT molecular complexity index is 179. The lowest BCUT2D eigenvalue weighted by Gasteiger charge is -2.17. The summed E-state index contributed by atoms with van der Waals surface area (Å²) in [5.41, 5.74) is -0.407. The van der Waals surface area contributed by atoms with Crippen LogP contribution in [0.1, 0.15) is 20.8 Å². The van der Waals surface area contributed by atoms with Crippen LogP contribution in [0.15, 0.2) is 11.3 Å². The van der Waals surface area contributed by atoms with Crippen LogP contribution in [0.25, 0.3) is 0 Å². The van der Waals surface area contributed by atoms with Crippen molar-refractivity contribution in [3.05, 3.63) is 11.3 Å². The highest BCUT2D eigenvalue weighted by Gasteiger charge is 2.10. The third kappa shape index (κ3) is 5.73. The Morgan fingerprint density at radius 2 is 2.00 bits per heavy atom. The second-order valence-corrected chi connectivity index (χ2v) is 3.41. The minimum absolute atomic E-state index is 0.320. The summed E-state index contributed by atoms with van der Waals surface area (Å²) in [5, 5.41) is 7.98. The fourth-order valence-corrected chi connectivity index (χ4v) is 0.323. The Balaban J connectivity index is 4.04. The van der Waals surface area contributed by atoms with E-state index in [0.29, 0.717) is 0 Å². The summed E-state index contributed by atoms with van der Waals surface area (Å²) >= 11 is 5.26. The fourth-order valence-electron chi connectivity index (χ4n) is 0.279. The van der Waals surface area contributed by atoms with Crippen molar-refractivity contribution in [2.45, 2.75) is 26.4 Å². The zero-order chi connectivity index (χ0) is 9.07. The van der Waals surface area contributed by atoms with Crippen LogP contribution in [0.5, 0.6) is 0 Å². The van der Waals surface area contributed by atoms with Gasteiger partial charge in [-0.3, -0.25) is 0 Å². The minimum Gasteiger partial charge on any atom is -0.494 e. The van der Waals surface area contributed by atoms with Crippen LogP contribution in [0.2, 0.25) is 0 Å². The molecule has 0 bridgehead atoms. The molecule has 0 saturated carbocycles. The molecule has 0 fully saturated rings. The first kappa shape index (κ1) is 10.3. The molecular formula is C7H11ClO3. The quantitative estimate of drug-likeness (QED) is 0.520. The molecule has 0 atom stereocenters. The van der Waals surface area contributed by atoms with Crippen LogP contribution >= 0.6 is 11.6 Å². The van der Waals surface area contributed by atoms with E-state index in [0.717, 1.165) is 6.26 Å². The second-order valence-electron chi connectivity index (χ2n) is 3.00. The van der Waals surface area contributed by atoms with Crippen molar-refractivity contribution in [1.29, 1.82) is 0 Å². The largest absolute Gasteiger partial charge is 0.494 e. The molecule has 0 aromatic rings. The highest BCUT2D eigenvalue weighted by Crippen LogP contribution is 2.10. The number of carboxylic acid groups (broad SMARTS) is 1. The zero-order valence-corrected chi connectivity index (χ0v) is 7.47. The molecule has 0 rings (SSSR count). The molecule has 0 aliphatic heterocycles. The van der Waals surface area contributed by atoms with Crippen molar-refractivity contribution < 1.29 is 14.6 Å². The van der Waals surface area contributed by atoms with Gasteiger partial charge in [-0.1, -0.05) is 11.6 Å². The molecule has 0 unspecified atom stereocenters. The molecule has 0 aliphatic rings. The van der Waals surface area contributed by atoms with Gasteiger partial charge in [-0.25, -0.2) is 4.79 Å². The van der Waals surface area contributed by atoms with Crippen LogP contribution in [-0.4, -0.2) is 16.7 Å². The molecule has 0 amide bonds. The summed E-state index contributed by atoms with van der Waals surface area (Å²) in [4.78, 5) is 10.1. The molecule has 1 N–H and O–H groups in total. The van der Waals surface area contributed by atoms with E-state index in [2.05, 4.69) is 0 Å². The molecule has 0 radical (unpaired) electrons. The molecule has 64 valence electrons. The van der Waals surface area contributed by atoms with Gasteiger partial charge < -0.3 is 9.84 Å². The highest BCUT2D eigenvalue weighted by atomic mass is 35.5. The van der Waals surface area contributed by atoms with Gasteiger partial charge in [-0.05, 0) is 20.8 Å². The first-order valence-corrected chi connectivity index (χ1v) is 3.47. The van der Waals surface area contributed by atoms with Gasteiger partial charge in [-0.2, -0.15) is 0 Å². The average molecular weight is 179 g/mol. The van der Waals surface area contributed by atoms with Gasteiger partial charge in [0.05, 0.1) is 5.60 Å². The van der Waals surface area contributed by atoms with Crippen molar-refractivity contribution in [3.8, 4) is 0 Å². The number of rotatable bonds is 2. The van der Waals surface area contributed by atoms with E-state index in [1.54, 1.807) is 20.8 Å². The van der Waals surface area contributed by atoms with Crippen LogP contribution < -0.4 is 0 Å². The standard InChI is InChI=1S/C7H11ClO3/c1-7(2,3)11-4-5(8)6(9)10/h4H,1-3H3,(H,9,10)/b5-4-. The maximum Gasteiger partial charge on any atom is 0.350 e. The molecule has 4 heteroatoms. The van der Waals surface area contributed by atoms with Gasteiger partial charge in [0.1, 0.15) is 6.26 Å².